The fourth-order valence-corrected chi connectivity index (χ4v) is 2.61. The van der Waals surface area contributed by atoms with Crippen molar-refractivity contribution in [1.29, 1.82) is 0 Å². The van der Waals surface area contributed by atoms with Crippen LogP contribution in [0.25, 0.3) is 11.3 Å². The van der Waals surface area contributed by atoms with Crippen LogP contribution in [0, 0.1) is 6.92 Å². The number of aromatic carboxylic acids is 1. The summed E-state index contributed by atoms with van der Waals surface area (Å²) in [4.78, 5) is 22.3. The minimum Gasteiger partial charge on any atom is -0.478 e. The molecule has 0 radical (unpaired) electrons. The highest BCUT2D eigenvalue weighted by atomic mass is 16.4. The van der Waals surface area contributed by atoms with E-state index in [4.69, 9.17) is 0 Å². The summed E-state index contributed by atoms with van der Waals surface area (Å²) in [5, 5.41) is 9.36. The summed E-state index contributed by atoms with van der Waals surface area (Å²) < 4.78 is 0. The van der Waals surface area contributed by atoms with Crippen molar-refractivity contribution in [2.24, 2.45) is 0 Å². The van der Waals surface area contributed by atoms with Gasteiger partial charge in [0.25, 0.3) is 0 Å². The van der Waals surface area contributed by atoms with Gasteiger partial charge in [-0.3, -0.25) is 0 Å². The van der Waals surface area contributed by atoms with Crippen molar-refractivity contribution in [2.45, 2.75) is 19.8 Å². The molecule has 0 saturated carbocycles. The Labute approximate surface area is 123 Å². The van der Waals surface area contributed by atoms with Gasteiger partial charge >= 0.3 is 5.97 Å². The van der Waals surface area contributed by atoms with Crippen molar-refractivity contribution >= 4 is 11.9 Å². The molecule has 108 valence electrons. The largest absolute Gasteiger partial charge is 0.478 e. The molecule has 0 aliphatic carbocycles. The molecule has 0 spiro atoms. The lowest BCUT2D eigenvalue weighted by atomic mass is 10.1. The van der Waals surface area contributed by atoms with E-state index in [1.165, 1.54) is 6.20 Å². The first-order valence-electron chi connectivity index (χ1n) is 7.07. The summed E-state index contributed by atoms with van der Waals surface area (Å²) in [5.41, 5.74) is 2.52. The first-order chi connectivity index (χ1) is 10.1. The Morgan fingerprint density at radius 1 is 1.29 bits per heavy atom. The molecule has 21 heavy (non-hydrogen) atoms. The number of aromatic nitrogens is 2. The van der Waals surface area contributed by atoms with Gasteiger partial charge < -0.3 is 10.0 Å². The van der Waals surface area contributed by atoms with Crippen LogP contribution in [0.5, 0.6) is 0 Å². The highest BCUT2D eigenvalue weighted by Gasteiger charge is 2.20. The van der Waals surface area contributed by atoms with Crippen LogP contribution in [0.15, 0.2) is 30.5 Å². The molecule has 1 aromatic carbocycles. The molecule has 0 atom stereocenters. The van der Waals surface area contributed by atoms with E-state index in [2.05, 4.69) is 14.9 Å². The third kappa shape index (κ3) is 2.72. The standard InChI is InChI=1S/C16H17N3O2/c1-11-5-4-6-12(9-11)14-13(15(20)21)10-17-16(18-14)19-7-2-3-8-19/h4-6,9-10H,2-3,7-8H2,1H3,(H,20,21). The van der Waals surface area contributed by atoms with Crippen LogP contribution in [0.4, 0.5) is 5.95 Å². The van der Waals surface area contributed by atoms with E-state index in [0.717, 1.165) is 37.1 Å². The van der Waals surface area contributed by atoms with E-state index in [1.807, 2.05) is 31.2 Å². The third-order valence-corrected chi connectivity index (χ3v) is 3.69. The normalized spacial score (nSPS) is 14.4. The Morgan fingerprint density at radius 2 is 2.05 bits per heavy atom. The van der Waals surface area contributed by atoms with Crippen molar-refractivity contribution in [3.8, 4) is 11.3 Å². The fourth-order valence-electron chi connectivity index (χ4n) is 2.61. The van der Waals surface area contributed by atoms with Gasteiger partial charge in [0.05, 0.1) is 5.69 Å². The molecule has 3 rings (SSSR count). The molecule has 5 heteroatoms. The van der Waals surface area contributed by atoms with E-state index in [0.29, 0.717) is 11.6 Å². The quantitative estimate of drug-likeness (QED) is 0.938. The second-order valence-electron chi connectivity index (χ2n) is 5.30. The summed E-state index contributed by atoms with van der Waals surface area (Å²) in [7, 11) is 0. The number of carbonyl (C=O) groups is 1. The lowest BCUT2D eigenvalue weighted by Crippen LogP contribution is -2.21. The van der Waals surface area contributed by atoms with Crippen molar-refractivity contribution < 1.29 is 9.90 Å². The van der Waals surface area contributed by atoms with Gasteiger partial charge in [-0.25, -0.2) is 14.8 Å². The third-order valence-electron chi connectivity index (χ3n) is 3.69. The first kappa shape index (κ1) is 13.5. The second kappa shape index (κ2) is 5.52. The van der Waals surface area contributed by atoms with Crippen LogP contribution in [0.1, 0.15) is 28.8 Å². The van der Waals surface area contributed by atoms with Crippen LogP contribution in [0.2, 0.25) is 0 Å². The van der Waals surface area contributed by atoms with Crippen LogP contribution >= 0.6 is 0 Å². The number of hydrogen-bond acceptors (Lipinski definition) is 4. The molecule has 1 aliphatic heterocycles. The predicted octanol–water partition coefficient (Wildman–Crippen LogP) is 2.75. The number of aryl methyl sites for hydroxylation is 1. The van der Waals surface area contributed by atoms with E-state index in [1.54, 1.807) is 0 Å². The van der Waals surface area contributed by atoms with E-state index in [9.17, 15) is 9.90 Å². The number of carboxylic acid groups (broad SMARTS) is 1. The first-order valence-corrected chi connectivity index (χ1v) is 7.07. The molecule has 1 N–H and O–H groups in total. The number of rotatable bonds is 3. The summed E-state index contributed by atoms with van der Waals surface area (Å²) in [6, 6.07) is 7.72. The molecule has 0 unspecified atom stereocenters. The summed E-state index contributed by atoms with van der Waals surface area (Å²) >= 11 is 0. The van der Waals surface area contributed by atoms with Crippen molar-refractivity contribution in [2.75, 3.05) is 18.0 Å². The second-order valence-corrected chi connectivity index (χ2v) is 5.30. The Balaban J connectivity index is 2.10. The average Bonchev–Trinajstić information content (AvgIpc) is 3.00. The molecule has 5 nitrogen and oxygen atoms in total. The van der Waals surface area contributed by atoms with Gasteiger partial charge in [0, 0.05) is 24.8 Å². The van der Waals surface area contributed by atoms with Crippen LogP contribution in [0.3, 0.4) is 0 Å². The lowest BCUT2D eigenvalue weighted by Gasteiger charge is -2.16. The van der Waals surface area contributed by atoms with E-state index >= 15 is 0 Å². The lowest BCUT2D eigenvalue weighted by molar-refractivity contribution is 0.0697. The Hall–Kier alpha value is -2.43. The van der Waals surface area contributed by atoms with Gasteiger partial charge in [0.1, 0.15) is 5.56 Å². The van der Waals surface area contributed by atoms with Gasteiger partial charge in [-0.15, -0.1) is 0 Å². The Bertz CT molecular complexity index is 679. The fraction of sp³-hybridized carbons (Fsp3) is 0.312. The minimum atomic E-state index is -1.00. The molecule has 1 aliphatic rings. The molecule has 2 heterocycles. The molecular weight excluding hydrogens is 266 g/mol. The van der Waals surface area contributed by atoms with Gasteiger partial charge in [0.15, 0.2) is 0 Å². The van der Waals surface area contributed by atoms with Gasteiger partial charge in [-0.1, -0.05) is 23.8 Å². The van der Waals surface area contributed by atoms with Crippen molar-refractivity contribution in [3.63, 3.8) is 0 Å². The highest BCUT2D eigenvalue weighted by Crippen LogP contribution is 2.25. The monoisotopic (exact) mass is 283 g/mol. The smallest absolute Gasteiger partial charge is 0.339 e. The minimum absolute atomic E-state index is 0.142. The zero-order valence-corrected chi connectivity index (χ0v) is 11.9. The molecule has 0 bridgehead atoms. The zero-order valence-electron chi connectivity index (χ0n) is 11.9. The average molecular weight is 283 g/mol. The molecule has 0 amide bonds. The molecule has 1 fully saturated rings. The number of benzene rings is 1. The molecular formula is C16H17N3O2. The molecule has 2 aromatic rings. The maximum absolute atomic E-state index is 11.4. The van der Waals surface area contributed by atoms with E-state index < -0.39 is 5.97 Å². The summed E-state index contributed by atoms with van der Waals surface area (Å²) in [5.74, 6) is -0.381. The number of nitrogens with zero attached hydrogens (tertiary/aromatic N) is 3. The van der Waals surface area contributed by atoms with Gasteiger partial charge in [-0.05, 0) is 25.8 Å². The van der Waals surface area contributed by atoms with Gasteiger partial charge in [0.2, 0.25) is 5.95 Å². The maximum Gasteiger partial charge on any atom is 0.339 e. The van der Waals surface area contributed by atoms with Crippen molar-refractivity contribution in [1.82, 2.24) is 9.97 Å². The van der Waals surface area contributed by atoms with E-state index in [-0.39, 0.29) is 5.56 Å². The van der Waals surface area contributed by atoms with Crippen LogP contribution in [-0.4, -0.2) is 34.1 Å². The number of carboxylic acids is 1. The Morgan fingerprint density at radius 3 is 2.71 bits per heavy atom. The predicted molar refractivity (Wildman–Crippen MR) is 80.6 cm³/mol. The number of hydrogen-bond donors (Lipinski definition) is 1. The maximum atomic E-state index is 11.4. The Kier molecular flexibility index (Phi) is 3.56. The van der Waals surface area contributed by atoms with Crippen molar-refractivity contribution in [3.05, 3.63) is 41.6 Å². The molecule has 1 aromatic heterocycles. The van der Waals surface area contributed by atoms with Gasteiger partial charge in [-0.2, -0.15) is 0 Å². The van der Waals surface area contributed by atoms with Crippen LogP contribution in [-0.2, 0) is 0 Å². The number of anilines is 1. The zero-order chi connectivity index (χ0) is 14.8. The highest BCUT2D eigenvalue weighted by molar-refractivity contribution is 5.94. The summed E-state index contributed by atoms with van der Waals surface area (Å²) in [6.07, 6.45) is 3.67. The SMILES string of the molecule is Cc1cccc(-c2nc(N3CCCC3)ncc2C(=O)O)c1. The molecule has 1 saturated heterocycles. The summed E-state index contributed by atoms with van der Waals surface area (Å²) in [6.45, 7) is 3.84. The topological polar surface area (TPSA) is 66.3 Å². The van der Waals surface area contributed by atoms with Crippen LogP contribution < -0.4 is 4.90 Å².